The summed E-state index contributed by atoms with van der Waals surface area (Å²) in [4.78, 5) is 0. The van der Waals surface area contributed by atoms with Crippen LogP contribution in [0.25, 0.3) is 0 Å². The Bertz CT molecular complexity index is 367. The summed E-state index contributed by atoms with van der Waals surface area (Å²) in [7, 11) is 0. The lowest BCUT2D eigenvalue weighted by molar-refractivity contribution is -0.125. The first-order valence-corrected chi connectivity index (χ1v) is 7.33. The number of alkyl halides is 3. The van der Waals surface area contributed by atoms with Gasteiger partial charge in [0.05, 0.1) is 6.54 Å². The molecule has 1 aromatic heterocycles. The molecule has 1 saturated carbocycles. The minimum Gasteiger partial charge on any atom is -0.305 e. The topological polar surface area (TPSA) is 12.0 Å². The summed E-state index contributed by atoms with van der Waals surface area (Å²) in [6, 6.07) is 0. The van der Waals surface area contributed by atoms with E-state index in [2.05, 4.69) is 10.7 Å². The Morgan fingerprint density at radius 2 is 1.89 bits per heavy atom. The molecule has 0 amide bonds. The lowest BCUT2D eigenvalue weighted by Gasteiger charge is -2.22. The Morgan fingerprint density at radius 3 is 2.56 bits per heavy atom. The van der Waals surface area contributed by atoms with Gasteiger partial charge in [-0.1, -0.05) is 19.3 Å². The first kappa shape index (κ1) is 13.9. The molecule has 1 nitrogen and oxygen atoms in total. The molecule has 1 N–H and O–H groups in total. The highest BCUT2D eigenvalue weighted by Gasteiger charge is 2.26. The van der Waals surface area contributed by atoms with Crippen molar-refractivity contribution < 1.29 is 13.2 Å². The smallest absolute Gasteiger partial charge is 0.305 e. The van der Waals surface area contributed by atoms with Crippen molar-refractivity contribution in [2.24, 2.45) is 0 Å². The fourth-order valence-electron chi connectivity index (χ4n) is 2.59. The SMILES string of the molecule is FC(F)(F)CNCc1cscc1C1CCCCC1. The third-order valence-corrected chi connectivity index (χ3v) is 4.27. The molecule has 1 aliphatic rings. The molecule has 0 aromatic carbocycles. The van der Waals surface area contributed by atoms with Crippen LogP contribution in [-0.2, 0) is 6.54 Å². The number of hydrogen-bond acceptors (Lipinski definition) is 2. The van der Waals surface area contributed by atoms with Crippen LogP contribution in [0.2, 0.25) is 0 Å². The van der Waals surface area contributed by atoms with Crippen LogP contribution in [0.15, 0.2) is 10.8 Å². The summed E-state index contributed by atoms with van der Waals surface area (Å²) in [6.07, 6.45) is 2.03. The average Bonchev–Trinajstić information content (AvgIpc) is 2.77. The summed E-state index contributed by atoms with van der Waals surface area (Å²) in [6.45, 7) is -0.582. The lowest BCUT2D eigenvalue weighted by Crippen LogP contribution is -2.28. The Balaban J connectivity index is 1.91. The van der Waals surface area contributed by atoms with Crippen molar-refractivity contribution in [2.45, 2.75) is 50.7 Å². The highest BCUT2D eigenvalue weighted by Crippen LogP contribution is 2.36. The fraction of sp³-hybridized carbons (Fsp3) is 0.692. The summed E-state index contributed by atoms with van der Waals surface area (Å²) in [5, 5.41) is 6.58. The van der Waals surface area contributed by atoms with Crippen molar-refractivity contribution in [3.05, 3.63) is 21.9 Å². The molecule has 1 aliphatic carbocycles. The maximum absolute atomic E-state index is 12.1. The van der Waals surface area contributed by atoms with Crippen molar-refractivity contribution in [2.75, 3.05) is 6.54 Å². The standard InChI is InChI=1S/C13H18F3NS/c14-13(15,16)9-17-6-11-7-18-8-12(11)10-4-2-1-3-5-10/h7-8,10,17H,1-6,9H2. The van der Waals surface area contributed by atoms with Crippen molar-refractivity contribution in [3.63, 3.8) is 0 Å². The van der Waals surface area contributed by atoms with Gasteiger partial charge in [-0.05, 0) is 40.6 Å². The maximum atomic E-state index is 12.1. The van der Waals surface area contributed by atoms with Crippen LogP contribution in [0.5, 0.6) is 0 Å². The van der Waals surface area contributed by atoms with Crippen molar-refractivity contribution >= 4 is 11.3 Å². The molecule has 5 heteroatoms. The monoisotopic (exact) mass is 277 g/mol. The lowest BCUT2D eigenvalue weighted by atomic mass is 9.84. The normalized spacial score (nSPS) is 18.2. The number of halogens is 3. The van der Waals surface area contributed by atoms with Crippen LogP contribution in [-0.4, -0.2) is 12.7 Å². The first-order chi connectivity index (χ1) is 8.56. The van der Waals surface area contributed by atoms with E-state index in [0.29, 0.717) is 12.5 Å². The summed E-state index contributed by atoms with van der Waals surface area (Å²) in [5.74, 6) is 0.563. The van der Waals surface area contributed by atoms with Crippen LogP contribution in [0.3, 0.4) is 0 Å². The van der Waals surface area contributed by atoms with Crippen LogP contribution >= 0.6 is 11.3 Å². The van der Waals surface area contributed by atoms with E-state index in [-0.39, 0.29) is 0 Å². The first-order valence-electron chi connectivity index (χ1n) is 6.39. The van der Waals surface area contributed by atoms with Gasteiger partial charge in [-0.2, -0.15) is 24.5 Å². The van der Waals surface area contributed by atoms with E-state index in [4.69, 9.17) is 0 Å². The molecule has 102 valence electrons. The van der Waals surface area contributed by atoms with E-state index >= 15 is 0 Å². The summed E-state index contributed by atoms with van der Waals surface area (Å²) >= 11 is 1.60. The van der Waals surface area contributed by atoms with Gasteiger partial charge in [0, 0.05) is 6.54 Å². The average molecular weight is 277 g/mol. The highest BCUT2D eigenvalue weighted by atomic mass is 32.1. The highest BCUT2D eigenvalue weighted by molar-refractivity contribution is 7.08. The molecular formula is C13H18F3NS. The number of hydrogen-bond donors (Lipinski definition) is 1. The van der Waals surface area contributed by atoms with Gasteiger partial charge >= 0.3 is 6.18 Å². The predicted molar refractivity (Wildman–Crippen MR) is 67.9 cm³/mol. The predicted octanol–water partition coefficient (Wildman–Crippen LogP) is 4.45. The van der Waals surface area contributed by atoms with Gasteiger partial charge in [0.15, 0.2) is 0 Å². The van der Waals surface area contributed by atoms with E-state index in [0.717, 1.165) is 5.56 Å². The maximum Gasteiger partial charge on any atom is 0.401 e. The second kappa shape index (κ2) is 6.06. The molecule has 0 unspecified atom stereocenters. The van der Waals surface area contributed by atoms with Crippen LogP contribution in [0, 0.1) is 0 Å². The molecule has 1 aromatic rings. The van der Waals surface area contributed by atoms with Gasteiger partial charge in [-0.15, -0.1) is 0 Å². The minimum absolute atomic E-state index is 0.328. The zero-order chi connectivity index (χ0) is 13.0. The Hall–Kier alpha value is -0.550. The van der Waals surface area contributed by atoms with E-state index in [1.54, 1.807) is 11.3 Å². The van der Waals surface area contributed by atoms with Crippen LogP contribution < -0.4 is 5.32 Å². The van der Waals surface area contributed by atoms with Crippen molar-refractivity contribution in [1.29, 1.82) is 0 Å². The summed E-state index contributed by atoms with van der Waals surface area (Å²) in [5.41, 5.74) is 2.32. The van der Waals surface area contributed by atoms with Gasteiger partial charge < -0.3 is 5.32 Å². The second-order valence-electron chi connectivity index (χ2n) is 4.91. The largest absolute Gasteiger partial charge is 0.401 e. The third kappa shape index (κ3) is 3.99. The van der Waals surface area contributed by atoms with E-state index in [1.165, 1.54) is 37.7 Å². The number of rotatable bonds is 4. The summed E-state index contributed by atoms with van der Waals surface area (Å²) < 4.78 is 36.2. The van der Waals surface area contributed by atoms with Gasteiger partial charge in [0.25, 0.3) is 0 Å². The fourth-order valence-corrected chi connectivity index (χ4v) is 3.53. The molecule has 0 radical (unpaired) electrons. The zero-order valence-corrected chi connectivity index (χ0v) is 11.0. The van der Waals surface area contributed by atoms with Crippen LogP contribution in [0.4, 0.5) is 13.2 Å². The molecule has 2 rings (SSSR count). The number of nitrogens with one attached hydrogen (secondary N) is 1. The molecule has 0 saturated heterocycles. The molecule has 0 aliphatic heterocycles. The van der Waals surface area contributed by atoms with Crippen molar-refractivity contribution in [1.82, 2.24) is 5.32 Å². The van der Waals surface area contributed by atoms with Gasteiger partial charge in [-0.25, -0.2) is 0 Å². The van der Waals surface area contributed by atoms with Gasteiger partial charge in [-0.3, -0.25) is 0 Å². The van der Waals surface area contributed by atoms with Gasteiger partial charge in [0.1, 0.15) is 0 Å². The van der Waals surface area contributed by atoms with E-state index < -0.39 is 12.7 Å². The third-order valence-electron chi connectivity index (χ3n) is 3.46. The van der Waals surface area contributed by atoms with Crippen LogP contribution in [0.1, 0.15) is 49.1 Å². The van der Waals surface area contributed by atoms with Crippen molar-refractivity contribution in [3.8, 4) is 0 Å². The number of thiophene rings is 1. The quantitative estimate of drug-likeness (QED) is 0.857. The Morgan fingerprint density at radius 1 is 1.17 bits per heavy atom. The molecular weight excluding hydrogens is 259 g/mol. The molecule has 18 heavy (non-hydrogen) atoms. The zero-order valence-electron chi connectivity index (χ0n) is 10.2. The molecule has 1 heterocycles. The van der Waals surface area contributed by atoms with E-state index in [1.807, 2.05) is 5.38 Å². The minimum atomic E-state index is -4.12. The van der Waals surface area contributed by atoms with Gasteiger partial charge in [0.2, 0.25) is 0 Å². The Kier molecular flexibility index (Phi) is 4.67. The molecule has 0 spiro atoms. The molecule has 1 fully saturated rings. The molecule has 0 atom stereocenters. The van der Waals surface area contributed by atoms with E-state index in [9.17, 15) is 13.2 Å². The molecule has 0 bridgehead atoms. The Labute approximate surface area is 109 Å². The second-order valence-corrected chi connectivity index (χ2v) is 5.65.